The largest absolute Gasteiger partial charge is 0.497 e. The Balaban J connectivity index is 1.44. The number of rotatable bonds is 3. The molecule has 1 atom stereocenters. The van der Waals surface area contributed by atoms with Crippen LogP contribution in [-0.2, 0) is 12.0 Å². The van der Waals surface area contributed by atoms with Gasteiger partial charge in [0.05, 0.1) is 18.1 Å². The number of methoxy groups -OCH3 is 1. The van der Waals surface area contributed by atoms with E-state index in [4.69, 9.17) is 9.15 Å². The van der Waals surface area contributed by atoms with E-state index in [2.05, 4.69) is 10.2 Å². The van der Waals surface area contributed by atoms with E-state index in [1.54, 1.807) is 29.9 Å². The van der Waals surface area contributed by atoms with Gasteiger partial charge < -0.3 is 14.1 Å². The van der Waals surface area contributed by atoms with Crippen molar-refractivity contribution >= 4 is 5.91 Å². The van der Waals surface area contributed by atoms with Gasteiger partial charge in [-0.15, -0.1) is 10.2 Å². The minimum Gasteiger partial charge on any atom is -0.497 e. The zero-order valence-electron chi connectivity index (χ0n) is 17.8. The van der Waals surface area contributed by atoms with Gasteiger partial charge in [-0.3, -0.25) is 14.2 Å². The fourth-order valence-electron chi connectivity index (χ4n) is 4.83. The highest BCUT2D eigenvalue weighted by molar-refractivity contribution is 5.95. The van der Waals surface area contributed by atoms with E-state index in [1.807, 2.05) is 30.9 Å². The van der Waals surface area contributed by atoms with Crippen LogP contribution in [0.5, 0.6) is 5.75 Å². The Morgan fingerprint density at radius 3 is 2.55 bits per heavy atom. The standard InChI is InChI=1S/C23H24N4O4/c1-14-12-18(15(2)31-14)20(28)26-10-8-23(13-26)9-11-27-21(29)19(24-25-22(23)27)16-4-6-17(30-3)7-5-16/h4-7,12H,8-11,13H2,1-3H3/t23-/m1/s1. The summed E-state index contributed by atoms with van der Waals surface area (Å²) in [4.78, 5) is 28.1. The van der Waals surface area contributed by atoms with E-state index >= 15 is 0 Å². The number of hydrogen-bond acceptors (Lipinski definition) is 6. The van der Waals surface area contributed by atoms with Crippen molar-refractivity contribution in [3.05, 3.63) is 63.6 Å². The number of aromatic nitrogens is 3. The maximum Gasteiger partial charge on any atom is 0.280 e. The first-order valence-electron chi connectivity index (χ1n) is 10.4. The zero-order valence-corrected chi connectivity index (χ0v) is 17.8. The Labute approximate surface area is 179 Å². The first kappa shape index (κ1) is 19.5. The summed E-state index contributed by atoms with van der Waals surface area (Å²) in [7, 11) is 1.60. The lowest BCUT2D eigenvalue weighted by Crippen LogP contribution is -2.35. The average Bonchev–Trinajstić information content (AvgIpc) is 3.46. The van der Waals surface area contributed by atoms with Crippen molar-refractivity contribution in [2.75, 3.05) is 20.2 Å². The van der Waals surface area contributed by atoms with Gasteiger partial charge in [0.1, 0.15) is 23.1 Å². The fraction of sp³-hybridized carbons (Fsp3) is 0.391. The number of likely N-dealkylation sites (tertiary alicyclic amines) is 1. The van der Waals surface area contributed by atoms with Crippen LogP contribution in [0.2, 0.25) is 0 Å². The number of fused-ring (bicyclic) bond motifs is 2. The number of amides is 1. The number of ether oxygens (including phenoxy) is 1. The molecule has 1 amide bonds. The number of nitrogens with zero attached hydrogens (tertiary/aromatic N) is 4. The fourth-order valence-corrected chi connectivity index (χ4v) is 4.83. The van der Waals surface area contributed by atoms with Crippen molar-refractivity contribution in [2.24, 2.45) is 0 Å². The number of benzene rings is 1. The molecule has 2 aromatic heterocycles. The summed E-state index contributed by atoms with van der Waals surface area (Å²) in [6.07, 6.45) is 1.54. The summed E-state index contributed by atoms with van der Waals surface area (Å²) >= 11 is 0. The molecule has 2 aliphatic heterocycles. The molecule has 4 heterocycles. The minimum absolute atomic E-state index is 0.0326. The van der Waals surface area contributed by atoms with Gasteiger partial charge in [-0.1, -0.05) is 0 Å². The van der Waals surface area contributed by atoms with Gasteiger partial charge in [0.25, 0.3) is 11.5 Å². The van der Waals surface area contributed by atoms with E-state index in [1.165, 1.54) is 0 Å². The van der Waals surface area contributed by atoms with Crippen molar-refractivity contribution in [2.45, 2.75) is 38.6 Å². The summed E-state index contributed by atoms with van der Waals surface area (Å²) in [6, 6.07) is 9.02. The average molecular weight is 420 g/mol. The molecular weight excluding hydrogens is 396 g/mol. The molecule has 8 heteroatoms. The highest BCUT2D eigenvalue weighted by atomic mass is 16.5. The summed E-state index contributed by atoms with van der Waals surface area (Å²) in [5.41, 5.74) is 1.18. The Morgan fingerprint density at radius 1 is 1.13 bits per heavy atom. The second kappa shape index (κ2) is 7.08. The van der Waals surface area contributed by atoms with Crippen molar-refractivity contribution in [1.82, 2.24) is 19.7 Å². The smallest absolute Gasteiger partial charge is 0.280 e. The molecule has 0 bridgehead atoms. The third-order valence-corrected chi connectivity index (χ3v) is 6.51. The zero-order chi connectivity index (χ0) is 21.8. The molecular formula is C23H24N4O4. The predicted molar refractivity (Wildman–Crippen MR) is 113 cm³/mol. The van der Waals surface area contributed by atoms with Crippen molar-refractivity contribution < 1.29 is 13.9 Å². The maximum absolute atomic E-state index is 13.2. The van der Waals surface area contributed by atoms with Crippen LogP contribution in [0, 0.1) is 13.8 Å². The van der Waals surface area contributed by atoms with E-state index in [9.17, 15) is 9.59 Å². The second-order valence-corrected chi connectivity index (χ2v) is 8.39. The van der Waals surface area contributed by atoms with E-state index in [0.29, 0.717) is 48.0 Å². The number of furan rings is 1. The summed E-state index contributed by atoms with van der Waals surface area (Å²) < 4.78 is 12.4. The quantitative estimate of drug-likeness (QED) is 0.647. The second-order valence-electron chi connectivity index (χ2n) is 8.39. The first-order chi connectivity index (χ1) is 14.9. The van der Waals surface area contributed by atoms with Crippen LogP contribution >= 0.6 is 0 Å². The van der Waals surface area contributed by atoms with Crippen molar-refractivity contribution in [3.8, 4) is 17.0 Å². The molecule has 2 aliphatic rings. The molecule has 5 rings (SSSR count). The van der Waals surface area contributed by atoms with Gasteiger partial charge in [0.15, 0.2) is 5.69 Å². The van der Waals surface area contributed by atoms with Crippen LogP contribution in [0.3, 0.4) is 0 Å². The molecule has 8 nitrogen and oxygen atoms in total. The first-order valence-corrected chi connectivity index (χ1v) is 10.4. The summed E-state index contributed by atoms with van der Waals surface area (Å²) in [6.45, 7) is 5.39. The highest BCUT2D eigenvalue weighted by Gasteiger charge is 2.48. The van der Waals surface area contributed by atoms with Crippen molar-refractivity contribution in [3.63, 3.8) is 0 Å². The predicted octanol–water partition coefficient (Wildman–Crippen LogP) is 2.71. The summed E-state index contributed by atoms with van der Waals surface area (Å²) in [5, 5.41) is 8.79. The van der Waals surface area contributed by atoms with Gasteiger partial charge >= 0.3 is 0 Å². The minimum atomic E-state index is -0.326. The molecule has 160 valence electrons. The van der Waals surface area contributed by atoms with Gasteiger partial charge in [-0.05, 0) is 57.0 Å². The topological polar surface area (TPSA) is 90.5 Å². The molecule has 0 radical (unpaired) electrons. The molecule has 3 aromatic rings. The monoisotopic (exact) mass is 420 g/mol. The molecule has 1 aromatic carbocycles. The Bertz CT molecular complexity index is 1230. The van der Waals surface area contributed by atoms with Gasteiger partial charge in [-0.25, -0.2) is 0 Å². The highest BCUT2D eigenvalue weighted by Crippen LogP contribution is 2.41. The Morgan fingerprint density at radius 2 is 1.87 bits per heavy atom. The molecule has 0 N–H and O–H groups in total. The van der Waals surface area contributed by atoms with Crippen LogP contribution < -0.4 is 10.3 Å². The number of hydrogen-bond donors (Lipinski definition) is 0. The number of aryl methyl sites for hydroxylation is 2. The van der Waals surface area contributed by atoms with Crippen LogP contribution in [0.4, 0.5) is 0 Å². The van der Waals surface area contributed by atoms with Crippen LogP contribution in [0.15, 0.2) is 39.5 Å². The number of carbonyl (C=O) groups is 1. The molecule has 1 saturated heterocycles. The molecule has 1 fully saturated rings. The van der Waals surface area contributed by atoms with Gasteiger partial charge in [-0.2, -0.15) is 0 Å². The SMILES string of the molecule is COc1ccc(-c2nnc3n(c2=O)CC[C@@]32CCN(C(=O)c3cc(C)oc3C)C2)cc1. The lowest BCUT2D eigenvalue weighted by molar-refractivity contribution is 0.0781. The molecule has 31 heavy (non-hydrogen) atoms. The lowest BCUT2D eigenvalue weighted by Gasteiger charge is -2.23. The van der Waals surface area contributed by atoms with E-state index in [-0.39, 0.29) is 16.9 Å². The molecule has 0 aliphatic carbocycles. The molecule has 1 spiro atoms. The third-order valence-electron chi connectivity index (χ3n) is 6.51. The van der Waals surface area contributed by atoms with E-state index in [0.717, 1.165) is 24.4 Å². The Kier molecular flexibility index (Phi) is 4.46. The van der Waals surface area contributed by atoms with Crippen LogP contribution in [0.1, 0.15) is 40.5 Å². The molecule has 0 unspecified atom stereocenters. The summed E-state index contributed by atoms with van der Waals surface area (Å²) in [5.74, 6) is 2.73. The van der Waals surface area contributed by atoms with Gasteiger partial charge in [0.2, 0.25) is 0 Å². The molecule has 0 saturated carbocycles. The van der Waals surface area contributed by atoms with Gasteiger partial charge in [0, 0.05) is 25.2 Å². The van der Waals surface area contributed by atoms with Crippen molar-refractivity contribution in [1.29, 1.82) is 0 Å². The maximum atomic E-state index is 13.2. The lowest BCUT2D eigenvalue weighted by atomic mass is 9.85. The van der Waals surface area contributed by atoms with Crippen LogP contribution in [0.25, 0.3) is 11.3 Å². The Hall–Kier alpha value is -3.42. The number of carbonyl (C=O) groups excluding carboxylic acids is 1. The third kappa shape index (κ3) is 3.05. The van der Waals surface area contributed by atoms with E-state index < -0.39 is 0 Å². The van der Waals surface area contributed by atoms with Crippen LogP contribution in [-0.4, -0.2) is 45.8 Å². The normalized spacial score (nSPS) is 19.8.